The summed E-state index contributed by atoms with van der Waals surface area (Å²) >= 11 is 3.37. The maximum atomic E-state index is 11.8. The third kappa shape index (κ3) is 6.80. The molecule has 108 valence electrons. The molecule has 0 aromatic heterocycles. The average Bonchev–Trinajstić information content (AvgIpc) is 2.28. The fourth-order valence-corrected chi connectivity index (χ4v) is 1.62. The molecule has 3 N–H and O–H groups in total. The van der Waals surface area contributed by atoms with Gasteiger partial charge in [0.05, 0.1) is 4.47 Å². The van der Waals surface area contributed by atoms with Gasteiger partial charge in [-0.2, -0.15) is 0 Å². The van der Waals surface area contributed by atoms with E-state index in [-0.39, 0.29) is 18.3 Å². The van der Waals surface area contributed by atoms with E-state index in [1.54, 1.807) is 13.0 Å². The summed E-state index contributed by atoms with van der Waals surface area (Å²) < 4.78 is 6.40. The third-order valence-electron chi connectivity index (χ3n) is 2.23. The summed E-state index contributed by atoms with van der Waals surface area (Å²) in [7, 11) is 0. The Morgan fingerprint density at radius 1 is 1.47 bits per heavy atom. The standard InChI is InChI=1S/C13H19BrN2O2.ClH/c1-9(12(17)16-8-13(2,3)15)18-11-7-5-4-6-10(11)14;/h4-7,9H,8,15H2,1-3H3,(H,16,17);1H. The lowest BCUT2D eigenvalue weighted by Gasteiger charge is -2.21. The Labute approximate surface area is 128 Å². The van der Waals surface area contributed by atoms with Crippen molar-refractivity contribution in [3.05, 3.63) is 28.7 Å². The lowest BCUT2D eigenvalue weighted by atomic mass is 10.1. The van der Waals surface area contributed by atoms with Crippen LogP contribution in [0.2, 0.25) is 0 Å². The van der Waals surface area contributed by atoms with E-state index >= 15 is 0 Å². The number of rotatable bonds is 5. The quantitative estimate of drug-likeness (QED) is 0.856. The molecule has 0 aliphatic rings. The molecular formula is C13H20BrClN2O2. The number of halogens is 2. The predicted molar refractivity (Wildman–Crippen MR) is 82.8 cm³/mol. The molecule has 0 saturated heterocycles. The van der Waals surface area contributed by atoms with Crippen LogP contribution in [0.15, 0.2) is 28.7 Å². The topological polar surface area (TPSA) is 64.3 Å². The lowest BCUT2D eigenvalue weighted by molar-refractivity contribution is -0.127. The molecule has 6 heteroatoms. The van der Waals surface area contributed by atoms with Crippen LogP contribution >= 0.6 is 28.3 Å². The van der Waals surface area contributed by atoms with Crippen molar-refractivity contribution in [3.8, 4) is 5.75 Å². The summed E-state index contributed by atoms with van der Waals surface area (Å²) in [6.45, 7) is 5.83. The van der Waals surface area contributed by atoms with Crippen molar-refractivity contribution in [1.29, 1.82) is 0 Å². The van der Waals surface area contributed by atoms with E-state index in [0.717, 1.165) is 4.47 Å². The van der Waals surface area contributed by atoms with Gasteiger partial charge < -0.3 is 15.8 Å². The van der Waals surface area contributed by atoms with E-state index in [9.17, 15) is 4.79 Å². The van der Waals surface area contributed by atoms with Gasteiger partial charge in [0.1, 0.15) is 5.75 Å². The fraction of sp³-hybridized carbons (Fsp3) is 0.462. The van der Waals surface area contributed by atoms with Gasteiger partial charge in [-0.25, -0.2) is 0 Å². The van der Waals surface area contributed by atoms with Crippen molar-refractivity contribution in [2.75, 3.05) is 6.54 Å². The molecule has 1 aromatic rings. The van der Waals surface area contributed by atoms with Crippen LogP contribution in [-0.2, 0) is 4.79 Å². The smallest absolute Gasteiger partial charge is 0.260 e. The third-order valence-corrected chi connectivity index (χ3v) is 2.88. The van der Waals surface area contributed by atoms with Crippen molar-refractivity contribution in [1.82, 2.24) is 5.32 Å². The zero-order valence-electron chi connectivity index (χ0n) is 11.3. The van der Waals surface area contributed by atoms with Gasteiger partial charge in [-0.05, 0) is 48.8 Å². The molecule has 4 nitrogen and oxygen atoms in total. The molecule has 0 spiro atoms. The highest BCUT2D eigenvalue weighted by Gasteiger charge is 2.18. The van der Waals surface area contributed by atoms with Gasteiger partial charge in [0.15, 0.2) is 6.10 Å². The first-order chi connectivity index (χ1) is 8.29. The Hall–Kier alpha value is -0.780. The molecule has 1 rings (SSSR count). The number of nitrogens with one attached hydrogen (secondary N) is 1. The maximum Gasteiger partial charge on any atom is 0.260 e. The molecule has 1 atom stereocenters. The molecule has 0 aliphatic carbocycles. The number of para-hydroxylation sites is 1. The highest BCUT2D eigenvalue weighted by molar-refractivity contribution is 9.10. The molecule has 0 fully saturated rings. The van der Waals surface area contributed by atoms with E-state index in [2.05, 4.69) is 21.2 Å². The highest BCUT2D eigenvalue weighted by atomic mass is 79.9. The van der Waals surface area contributed by atoms with Crippen LogP contribution in [0.5, 0.6) is 5.75 Å². The summed E-state index contributed by atoms with van der Waals surface area (Å²) in [5.74, 6) is 0.469. The summed E-state index contributed by atoms with van der Waals surface area (Å²) in [4.78, 5) is 11.8. The van der Waals surface area contributed by atoms with Crippen molar-refractivity contribution < 1.29 is 9.53 Å². The molecule has 0 radical (unpaired) electrons. The van der Waals surface area contributed by atoms with Crippen molar-refractivity contribution in [2.24, 2.45) is 5.73 Å². The summed E-state index contributed by atoms with van der Waals surface area (Å²) in [6, 6.07) is 7.41. The number of hydrogen-bond acceptors (Lipinski definition) is 3. The summed E-state index contributed by atoms with van der Waals surface area (Å²) in [5, 5.41) is 2.76. The van der Waals surface area contributed by atoms with Gasteiger partial charge >= 0.3 is 0 Å². The highest BCUT2D eigenvalue weighted by Crippen LogP contribution is 2.24. The number of nitrogens with two attached hydrogens (primary N) is 1. The molecule has 0 bridgehead atoms. The van der Waals surface area contributed by atoms with Crippen molar-refractivity contribution in [3.63, 3.8) is 0 Å². The molecular weight excluding hydrogens is 332 g/mol. The van der Waals surface area contributed by atoms with Gasteiger partial charge in [-0.15, -0.1) is 12.4 Å². The average molecular weight is 352 g/mol. The van der Waals surface area contributed by atoms with Gasteiger partial charge in [0.2, 0.25) is 0 Å². The van der Waals surface area contributed by atoms with Crippen LogP contribution in [0.3, 0.4) is 0 Å². The zero-order chi connectivity index (χ0) is 13.8. The van der Waals surface area contributed by atoms with E-state index in [1.807, 2.05) is 32.0 Å². The molecule has 19 heavy (non-hydrogen) atoms. The summed E-state index contributed by atoms with van der Waals surface area (Å²) in [5.41, 5.74) is 5.37. The molecule has 0 saturated carbocycles. The first-order valence-corrected chi connectivity index (χ1v) is 6.57. The zero-order valence-corrected chi connectivity index (χ0v) is 13.7. The lowest BCUT2D eigenvalue weighted by Crippen LogP contribution is -2.48. The second-order valence-corrected chi connectivity index (χ2v) is 5.75. The molecule has 1 unspecified atom stereocenters. The fourth-order valence-electron chi connectivity index (χ4n) is 1.24. The van der Waals surface area contributed by atoms with E-state index < -0.39 is 11.6 Å². The summed E-state index contributed by atoms with van der Waals surface area (Å²) in [6.07, 6.45) is -0.564. The largest absolute Gasteiger partial charge is 0.480 e. The van der Waals surface area contributed by atoms with E-state index in [1.165, 1.54) is 0 Å². The number of benzene rings is 1. The normalized spacial score (nSPS) is 12.3. The Kier molecular flexibility index (Phi) is 7.41. The minimum absolute atomic E-state index is 0. The second-order valence-electron chi connectivity index (χ2n) is 4.90. The number of ether oxygens (including phenoxy) is 1. The molecule has 0 aliphatic heterocycles. The van der Waals surface area contributed by atoms with Gasteiger partial charge in [-0.1, -0.05) is 12.1 Å². The van der Waals surface area contributed by atoms with Crippen LogP contribution in [0.25, 0.3) is 0 Å². The first-order valence-electron chi connectivity index (χ1n) is 5.77. The molecule has 1 aromatic carbocycles. The molecule has 1 amide bonds. The Balaban J connectivity index is 0.00000324. The van der Waals surface area contributed by atoms with Gasteiger partial charge in [0.25, 0.3) is 5.91 Å². The van der Waals surface area contributed by atoms with Crippen LogP contribution in [0, 0.1) is 0 Å². The first kappa shape index (κ1) is 18.2. The van der Waals surface area contributed by atoms with E-state index in [4.69, 9.17) is 10.5 Å². The van der Waals surface area contributed by atoms with Crippen molar-refractivity contribution >= 4 is 34.2 Å². The van der Waals surface area contributed by atoms with Gasteiger partial charge in [0, 0.05) is 12.1 Å². The molecule has 0 heterocycles. The second kappa shape index (κ2) is 7.72. The van der Waals surface area contributed by atoms with Crippen LogP contribution in [0.1, 0.15) is 20.8 Å². The minimum atomic E-state index is -0.564. The number of carbonyl (C=O) groups excluding carboxylic acids is 1. The monoisotopic (exact) mass is 350 g/mol. The Morgan fingerprint density at radius 3 is 2.58 bits per heavy atom. The van der Waals surface area contributed by atoms with Crippen LogP contribution < -0.4 is 15.8 Å². The SMILES string of the molecule is CC(Oc1ccccc1Br)C(=O)NCC(C)(C)N.Cl. The van der Waals surface area contributed by atoms with Gasteiger partial charge in [-0.3, -0.25) is 4.79 Å². The predicted octanol–water partition coefficient (Wildman–Crippen LogP) is 2.49. The maximum absolute atomic E-state index is 11.8. The number of carbonyl (C=O) groups is 1. The number of amides is 1. The van der Waals surface area contributed by atoms with Crippen LogP contribution in [-0.4, -0.2) is 24.1 Å². The minimum Gasteiger partial charge on any atom is -0.480 e. The Bertz CT molecular complexity index is 421. The number of hydrogen-bond donors (Lipinski definition) is 2. The van der Waals surface area contributed by atoms with Crippen molar-refractivity contribution in [2.45, 2.75) is 32.4 Å². The van der Waals surface area contributed by atoms with Crippen LogP contribution in [0.4, 0.5) is 0 Å². The Morgan fingerprint density at radius 2 is 2.05 bits per heavy atom. The van der Waals surface area contributed by atoms with E-state index in [0.29, 0.717) is 12.3 Å².